The minimum Gasteiger partial charge on any atom is -0.462 e. The Morgan fingerprint density at radius 2 is 1.88 bits per heavy atom. The number of hydrogen-bond donors (Lipinski definition) is 2. The summed E-state index contributed by atoms with van der Waals surface area (Å²) in [5, 5.41) is 3.66. The van der Waals surface area contributed by atoms with Gasteiger partial charge in [-0.25, -0.2) is 14.6 Å². The molecule has 3 aliphatic rings. The zero-order chi connectivity index (χ0) is 24.3. The van der Waals surface area contributed by atoms with Gasteiger partial charge in [0.05, 0.1) is 18.7 Å². The molecule has 0 bridgehead atoms. The first-order valence-corrected chi connectivity index (χ1v) is 11.9. The van der Waals surface area contributed by atoms with Crippen molar-refractivity contribution in [2.75, 3.05) is 44.2 Å². The lowest BCUT2D eigenvalue weighted by molar-refractivity contribution is -0.140. The summed E-state index contributed by atoms with van der Waals surface area (Å²) in [7, 11) is 0. The van der Waals surface area contributed by atoms with Gasteiger partial charge < -0.3 is 15.0 Å². The molecule has 184 valence electrons. The van der Waals surface area contributed by atoms with Crippen LogP contribution >= 0.6 is 0 Å². The number of hydrazine groups is 1. The third-order valence-corrected chi connectivity index (χ3v) is 6.85. The molecular weight excluding hydrogens is 440 g/mol. The van der Waals surface area contributed by atoms with Crippen molar-refractivity contribution in [2.24, 2.45) is 5.92 Å². The zero-order valence-electron chi connectivity index (χ0n) is 19.7. The number of piperazine rings is 1. The van der Waals surface area contributed by atoms with E-state index in [-0.39, 0.29) is 12.5 Å². The fourth-order valence-corrected chi connectivity index (χ4v) is 4.72. The number of nitrogens with zero attached hydrogens (tertiary/aromatic N) is 4. The van der Waals surface area contributed by atoms with Crippen LogP contribution in [0.4, 0.5) is 10.6 Å². The van der Waals surface area contributed by atoms with Crippen LogP contribution in [0, 0.1) is 5.92 Å². The highest BCUT2D eigenvalue weighted by Crippen LogP contribution is 2.35. The number of ether oxygens (including phenoxy) is 1. The minimum atomic E-state index is -0.877. The van der Waals surface area contributed by atoms with E-state index in [0.717, 1.165) is 23.7 Å². The van der Waals surface area contributed by atoms with Gasteiger partial charge in [-0.3, -0.25) is 19.9 Å². The van der Waals surface area contributed by atoms with E-state index in [1.54, 1.807) is 19.1 Å². The highest BCUT2D eigenvalue weighted by molar-refractivity contribution is 6.08. The van der Waals surface area contributed by atoms with Crippen LogP contribution in [0.5, 0.6) is 0 Å². The number of urea groups is 1. The van der Waals surface area contributed by atoms with Gasteiger partial charge in [-0.15, -0.1) is 0 Å². The van der Waals surface area contributed by atoms with Crippen molar-refractivity contribution in [2.45, 2.75) is 45.1 Å². The fourth-order valence-electron chi connectivity index (χ4n) is 4.72. The largest absolute Gasteiger partial charge is 0.462 e. The molecule has 2 aliphatic heterocycles. The Balaban J connectivity index is 1.25. The van der Waals surface area contributed by atoms with Gasteiger partial charge in [0.1, 0.15) is 11.4 Å². The van der Waals surface area contributed by atoms with Crippen LogP contribution in [0.2, 0.25) is 0 Å². The summed E-state index contributed by atoms with van der Waals surface area (Å²) in [6, 6.07) is 2.92. The molecule has 3 fully saturated rings. The molecule has 3 heterocycles. The van der Waals surface area contributed by atoms with Gasteiger partial charge >= 0.3 is 12.0 Å². The maximum absolute atomic E-state index is 12.9. The number of imide groups is 1. The van der Waals surface area contributed by atoms with Gasteiger partial charge in [-0.2, -0.15) is 5.01 Å². The topological polar surface area (TPSA) is 124 Å². The molecule has 11 nitrogen and oxygen atoms in total. The predicted octanol–water partition coefficient (Wildman–Crippen LogP) is 0.912. The molecule has 1 spiro atoms. The monoisotopic (exact) mass is 472 g/mol. The number of rotatable bonds is 6. The smallest absolute Gasteiger partial charge is 0.344 e. The molecule has 34 heavy (non-hydrogen) atoms. The molecule has 0 atom stereocenters. The van der Waals surface area contributed by atoms with Crippen molar-refractivity contribution in [1.82, 2.24) is 25.6 Å². The van der Waals surface area contributed by atoms with Gasteiger partial charge in [-0.05, 0) is 50.7 Å². The molecule has 0 aromatic carbocycles. The molecule has 1 aromatic heterocycles. The highest BCUT2D eigenvalue weighted by atomic mass is 16.5. The Bertz CT molecular complexity index is 936. The average Bonchev–Trinajstić information content (AvgIpc) is 3.06. The summed E-state index contributed by atoms with van der Waals surface area (Å²) in [6.45, 7) is 6.85. The summed E-state index contributed by atoms with van der Waals surface area (Å²) >= 11 is 0. The van der Waals surface area contributed by atoms with Gasteiger partial charge in [0.2, 0.25) is 0 Å². The molecule has 1 saturated carbocycles. The Morgan fingerprint density at radius 3 is 2.50 bits per heavy atom. The van der Waals surface area contributed by atoms with Crippen molar-refractivity contribution in [3.8, 4) is 0 Å². The highest BCUT2D eigenvalue weighted by Gasteiger charge is 2.52. The van der Waals surface area contributed by atoms with Gasteiger partial charge in [0.25, 0.3) is 11.8 Å². The third-order valence-electron chi connectivity index (χ3n) is 6.85. The van der Waals surface area contributed by atoms with Crippen molar-refractivity contribution in [3.63, 3.8) is 0 Å². The van der Waals surface area contributed by atoms with Gasteiger partial charge in [0.15, 0.2) is 0 Å². The van der Waals surface area contributed by atoms with Crippen molar-refractivity contribution < 1.29 is 23.9 Å². The van der Waals surface area contributed by atoms with E-state index in [9.17, 15) is 19.2 Å². The molecule has 0 radical (unpaired) electrons. The van der Waals surface area contributed by atoms with E-state index in [1.165, 1.54) is 6.20 Å². The van der Waals surface area contributed by atoms with Gasteiger partial charge in [-0.1, -0.05) is 6.92 Å². The summed E-state index contributed by atoms with van der Waals surface area (Å²) in [5.41, 5.74) is 2.03. The second-order valence-corrected chi connectivity index (χ2v) is 9.26. The lowest BCUT2D eigenvalue weighted by Gasteiger charge is -2.35. The van der Waals surface area contributed by atoms with Crippen LogP contribution in [-0.4, -0.2) is 83.6 Å². The predicted molar refractivity (Wildman–Crippen MR) is 123 cm³/mol. The van der Waals surface area contributed by atoms with Crippen LogP contribution in [0.1, 0.15) is 49.9 Å². The second-order valence-electron chi connectivity index (χ2n) is 9.26. The van der Waals surface area contributed by atoms with Crippen LogP contribution in [0.3, 0.4) is 0 Å². The Labute approximate surface area is 198 Å². The molecule has 4 amide bonds. The maximum atomic E-state index is 12.9. The normalized spacial score (nSPS) is 25.4. The Hall–Kier alpha value is -3.21. The number of aromatic nitrogens is 1. The molecule has 1 aliphatic carbocycles. The van der Waals surface area contributed by atoms with Gasteiger partial charge in [0, 0.05) is 32.4 Å². The van der Waals surface area contributed by atoms with Crippen LogP contribution in [-0.2, 0) is 14.3 Å². The standard InChI is InChI=1S/C23H32N6O5/c1-3-34-20(31)17-4-5-18(24-14-17)28-12-10-27(11-13-28)15-19(30)26-29-21(32)23(25-22(29)33)8-6-16(2)7-9-23/h4-5,14,16H,3,6-13,15H2,1-2H3,(H,25,33)(H,26,30). The zero-order valence-corrected chi connectivity index (χ0v) is 19.7. The number of anilines is 1. The van der Waals surface area contributed by atoms with Crippen LogP contribution in [0.25, 0.3) is 0 Å². The number of carbonyl (C=O) groups excluding carboxylic acids is 4. The van der Waals surface area contributed by atoms with Crippen molar-refractivity contribution >= 4 is 29.6 Å². The molecule has 0 unspecified atom stereocenters. The maximum Gasteiger partial charge on any atom is 0.344 e. The van der Waals surface area contributed by atoms with Crippen LogP contribution < -0.4 is 15.6 Å². The molecule has 4 rings (SSSR count). The summed E-state index contributed by atoms with van der Waals surface area (Å²) in [6.07, 6.45) is 4.45. The van der Waals surface area contributed by atoms with Crippen molar-refractivity contribution in [1.29, 1.82) is 0 Å². The van der Waals surface area contributed by atoms with E-state index >= 15 is 0 Å². The number of esters is 1. The van der Waals surface area contributed by atoms with E-state index in [1.807, 2.05) is 4.90 Å². The van der Waals surface area contributed by atoms with Crippen LogP contribution in [0.15, 0.2) is 18.3 Å². The molecule has 11 heteroatoms. The Morgan fingerprint density at radius 1 is 1.18 bits per heavy atom. The summed E-state index contributed by atoms with van der Waals surface area (Å²) < 4.78 is 4.98. The lowest BCUT2D eigenvalue weighted by atomic mass is 9.77. The SMILES string of the molecule is CCOC(=O)c1ccc(N2CCN(CC(=O)NN3C(=O)NC4(CCC(C)CC4)C3=O)CC2)nc1. The Kier molecular flexibility index (Phi) is 7.01. The van der Waals surface area contributed by atoms with E-state index in [4.69, 9.17) is 4.74 Å². The first-order chi connectivity index (χ1) is 16.3. The molecule has 1 aromatic rings. The quantitative estimate of drug-likeness (QED) is 0.463. The minimum absolute atomic E-state index is 0.0875. The second kappa shape index (κ2) is 9.96. The van der Waals surface area contributed by atoms with E-state index in [2.05, 4.69) is 27.6 Å². The summed E-state index contributed by atoms with van der Waals surface area (Å²) in [5.74, 6) is 0.133. The summed E-state index contributed by atoms with van der Waals surface area (Å²) in [4.78, 5) is 58.1. The first kappa shape index (κ1) is 23.9. The first-order valence-electron chi connectivity index (χ1n) is 11.9. The number of nitrogens with one attached hydrogen (secondary N) is 2. The van der Waals surface area contributed by atoms with E-state index in [0.29, 0.717) is 57.1 Å². The number of hydrogen-bond acceptors (Lipinski definition) is 8. The van der Waals surface area contributed by atoms with E-state index < -0.39 is 23.4 Å². The molecular formula is C23H32N6O5. The fraction of sp³-hybridized carbons (Fsp3) is 0.609. The van der Waals surface area contributed by atoms with Crippen molar-refractivity contribution in [3.05, 3.63) is 23.9 Å². The number of carbonyl (C=O) groups is 4. The lowest BCUT2D eigenvalue weighted by Crippen LogP contribution is -2.54. The number of pyridine rings is 1. The number of amides is 4. The third kappa shape index (κ3) is 4.98. The average molecular weight is 473 g/mol. The molecule has 2 saturated heterocycles. The molecule has 2 N–H and O–H groups in total.